The van der Waals surface area contributed by atoms with Crippen molar-refractivity contribution in [3.05, 3.63) is 28.0 Å². The zero-order chi connectivity index (χ0) is 11.3. The van der Waals surface area contributed by atoms with Crippen LogP contribution in [0.5, 0.6) is 0 Å². The average molecular weight is 249 g/mol. The highest BCUT2D eigenvalue weighted by molar-refractivity contribution is 6.41. The smallest absolute Gasteiger partial charge is 0.252 e. The largest absolute Gasteiger partial charge is 0.383 e. The molecule has 0 fully saturated rings. The van der Waals surface area contributed by atoms with Crippen LogP contribution in [0, 0.1) is 0 Å². The van der Waals surface area contributed by atoms with Crippen LogP contribution < -0.4 is 5.32 Å². The van der Waals surface area contributed by atoms with E-state index in [1.165, 1.54) is 12.3 Å². The highest BCUT2D eigenvalue weighted by atomic mass is 35.5. The molecule has 6 heteroatoms. The molecule has 82 valence electrons. The number of hydrogen-bond donors (Lipinski definition) is 1. The van der Waals surface area contributed by atoms with Gasteiger partial charge in [0, 0.05) is 19.9 Å². The van der Waals surface area contributed by atoms with E-state index in [9.17, 15) is 4.79 Å². The van der Waals surface area contributed by atoms with Crippen molar-refractivity contribution in [2.75, 3.05) is 20.3 Å². The first-order chi connectivity index (χ1) is 7.15. The summed E-state index contributed by atoms with van der Waals surface area (Å²) in [6, 6.07) is 1.47. The van der Waals surface area contributed by atoms with Gasteiger partial charge in [-0.2, -0.15) is 0 Å². The zero-order valence-corrected chi connectivity index (χ0v) is 9.60. The van der Waals surface area contributed by atoms with Crippen LogP contribution in [0.15, 0.2) is 12.3 Å². The number of hydrogen-bond acceptors (Lipinski definition) is 3. The molecule has 0 radical (unpaired) electrons. The van der Waals surface area contributed by atoms with Gasteiger partial charge < -0.3 is 10.1 Å². The Morgan fingerprint density at radius 3 is 2.93 bits per heavy atom. The van der Waals surface area contributed by atoms with Crippen LogP contribution in [-0.4, -0.2) is 31.2 Å². The number of carbonyl (C=O) groups is 1. The fraction of sp³-hybridized carbons (Fsp3) is 0.333. The van der Waals surface area contributed by atoms with E-state index in [4.69, 9.17) is 27.9 Å². The van der Waals surface area contributed by atoms with E-state index in [0.717, 1.165) is 0 Å². The first-order valence-corrected chi connectivity index (χ1v) is 4.99. The van der Waals surface area contributed by atoms with Crippen molar-refractivity contribution in [2.24, 2.45) is 0 Å². The predicted molar refractivity (Wildman–Crippen MR) is 58.5 cm³/mol. The average Bonchev–Trinajstić information content (AvgIpc) is 2.22. The van der Waals surface area contributed by atoms with Crippen molar-refractivity contribution >= 4 is 29.1 Å². The SMILES string of the molecule is COCCNC(=O)c1cnc(Cl)c(Cl)c1. The fourth-order valence-electron chi connectivity index (χ4n) is 0.914. The Labute approximate surface area is 97.5 Å². The van der Waals surface area contributed by atoms with Gasteiger partial charge in [0.15, 0.2) is 0 Å². The summed E-state index contributed by atoms with van der Waals surface area (Å²) in [6.07, 6.45) is 1.37. The topological polar surface area (TPSA) is 51.2 Å². The molecule has 0 atom stereocenters. The molecule has 1 amide bonds. The number of nitrogens with one attached hydrogen (secondary N) is 1. The lowest BCUT2D eigenvalue weighted by Gasteiger charge is -2.04. The summed E-state index contributed by atoms with van der Waals surface area (Å²) in [5.74, 6) is -0.252. The number of ether oxygens (including phenoxy) is 1. The van der Waals surface area contributed by atoms with Crippen LogP contribution in [0.2, 0.25) is 10.2 Å². The van der Waals surface area contributed by atoms with Crippen LogP contribution in [0.25, 0.3) is 0 Å². The Morgan fingerprint density at radius 1 is 1.60 bits per heavy atom. The first kappa shape index (κ1) is 12.2. The second-order valence-corrected chi connectivity index (χ2v) is 3.51. The van der Waals surface area contributed by atoms with Crippen molar-refractivity contribution in [1.82, 2.24) is 10.3 Å². The minimum atomic E-state index is -0.252. The third kappa shape index (κ3) is 3.66. The van der Waals surface area contributed by atoms with Crippen molar-refractivity contribution in [1.29, 1.82) is 0 Å². The second-order valence-electron chi connectivity index (χ2n) is 2.75. The number of rotatable bonds is 4. The Morgan fingerprint density at radius 2 is 2.33 bits per heavy atom. The Bertz CT molecular complexity index is 358. The monoisotopic (exact) mass is 248 g/mol. The van der Waals surface area contributed by atoms with Gasteiger partial charge in [-0.05, 0) is 6.07 Å². The molecule has 0 aliphatic carbocycles. The number of amides is 1. The number of halogens is 2. The minimum absolute atomic E-state index is 0.185. The molecule has 4 nitrogen and oxygen atoms in total. The summed E-state index contributed by atoms with van der Waals surface area (Å²) in [7, 11) is 1.56. The zero-order valence-electron chi connectivity index (χ0n) is 8.09. The molecule has 1 N–H and O–H groups in total. The first-order valence-electron chi connectivity index (χ1n) is 4.23. The Kier molecular flexibility index (Phi) is 4.81. The molecule has 15 heavy (non-hydrogen) atoms. The molecule has 1 aromatic heterocycles. The molecule has 0 aliphatic rings. The minimum Gasteiger partial charge on any atom is -0.383 e. The van der Waals surface area contributed by atoms with Crippen molar-refractivity contribution < 1.29 is 9.53 Å². The van der Waals surface area contributed by atoms with Gasteiger partial charge in [-0.3, -0.25) is 4.79 Å². The Hall–Kier alpha value is -0.840. The third-order valence-corrected chi connectivity index (χ3v) is 2.34. The van der Waals surface area contributed by atoms with Gasteiger partial charge in [0.05, 0.1) is 17.2 Å². The van der Waals surface area contributed by atoms with E-state index >= 15 is 0 Å². The quantitative estimate of drug-likeness (QED) is 0.653. The summed E-state index contributed by atoms with van der Waals surface area (Å²) in [5, 5.41) is 3.09. The van der Waals surface area contributed by atoms with Gasteiger partial charge in [-0.1, -0.05) is 23.2 Å². The van der Waals surface area contributed by atoms with Gasteiger partial charge in [-0.15, -0.1) is 0 Å². The molecule has 0 aliphatic heterocycles. The van der Waals surface area contributed by atoms with Gasteiger partial charge in [0.1, 0.15) is 5.15 Å². The highest BCUT2D eigenvalue weighted by Gasteiger charge is 2.07. The molecule has 0 bridgehead atoms. The number of methoxy groups -OCH3 is 1. The number of carbonyl (C=O) groups excluding carboxylic acids is 1. The van der Waals surface area contributed by atoms with Crippen molar-refractivity contribution in [2.45, 2.75) is 0 Å². The molecule has 1 heterocycles. The summed E-state index contributed by atoms with van der Waals surface area (Å²) < 4.78 is 4.79. The molecule has 0 saturated heterocycles. The molecule has 0 aromatic carbocycles. The third-order valence-electron chi connectivity index (χ3n) is 1.65. The summed E-state index contributed by atoms with van der Waals surface area (Å²) >= 11 is 11.3. The van der Waals surface area contributed by atoms with E-state index in [-0.39, 0.29) is 16.1 Å². The highest BCUT2D eigenvalue weighted by Crippen LogP contribution is 2.19. The number of nitrogens with zero attached hydrogens (tertiary/aromatic N) is 1. The summed E-state index contributed by atoms with van der Waals surface area (Å²) in [4.78, 5) is 15.2. The molecule has 1 aromatic rings. The molecule has 0 spiro atoms. The van der Waals surface area contributed by atoms with Gasteiger partial charge in [0.25, 0.3) is 5.91 Å². The van der Waals surface area contributed by atoms with Gasteiger partial charge in [-0.25, -0.2) is 4.98 Å². The van der Waals surface area contributed by atoms with Crippen LogP contribution >= 0.6 is 23.2 Å². The standard InChI is InChI=1S/C9H10Cl2N2O2/c1-15-3-2-12-9(14)6-4-7(10)8(11)13-5-6/h4-5H,2-3H2,1H3,(H,12,14). The molecular weight excluding hydrogens is 239 g/mol. The van der Waals surface area contributed by atoms with Crippen molar-refractivity contribution in [3.8, 4) is 0 Å². The van der Waals surface area contributed by atoms with E-state index in [1.807, 2.05) is 0 Å². The molecule has 0 saturated carbocycles. The normalized spacial score (nSPS) is 10.1. The molecular formula is C9H10Cl2N2O2. The van der Waals surface area contributed by atoms with E-state index in [1.54, 1.807) is 7.11 Å². The van der Waals surface area contributed by atoms with Crippen LogP contribution in [0.4, 0.5) is 0 Å². The van der Waals surface area contributed by atoms with E-state index in [2.05, 4.69) is 10.3 Å². The van der Waals surface area contributed by atoms with Crippen molar-refractivity contribution in [3.63, 3.8) is 0 Å². The number of pyridine rings is 1. The predicted octanol–water partition coefficient (Wildman–Crippen LogP) is 1.76. The second kappa shape index (κ2) is 5.90. The molecule has 0 unspecified atom stereocenters. The van der Waals surface area contributed by atoms with Gasteiger partial charge >= 0.3 is 0 Å². The lowest BCUT2D eigenvalue weighted by molar-refractivity contribution is 0.0937. The van der Waals surface area contributed by atoms with Crippen LogP contribution in [0.1, 0.15) is 10.4 Å². The Balaban J connectivity index is 2.62. The van der Waals surface area contributed by atoms with Crippen LogP contribution in [-0.2, 0) is 4.74 Å². The number of aromatic nitrogens is 1. The maximum absolute atomic E-state index is 11.5. The van der Waals surface area contributed by atoms with E-state index in [0.29, 0.717) is 18.7 Å². The summed E-state index contributed by atoms with van der Waals surface area (Å²) in [5.41, 5.74) is 0.375. The summed E-state index contributed by atoms with van der Waals surface area (Å²) in [6.45, 7) is 0.899. The van der Waals surface area contributed by atoms with Crippen LogP contribution in [0.3, 0.4) is 0 Å². The van der Waals surface area contributed by atoms with E-state index < -0.39 is 0 Å². The maximum Gasteiger partial charge on any atom is 0.252 e. The lowest BCUT2D eigenvalue weighted by atomic mass is 10.3. The van der Waals surface area contributed by atoms with Gasteiger partial charge in [0.2, 0.25) is 0 Å². The maximum atomic E-state index is 11.5. The molecule has 1 rings (SSSR count). The fourth-order valence-corrected chi connectivity index (χ4v) is 1.18. The lowest BCUT2D eigenvalue weighted by Crippen LogP contribution is -2.27.